The number of halogens is 2. The number of ether oxygens (including phenoxy) is 1. The minimum atomic E-state index is -0.793. The predicted molar refractivity (Wildman–Crippen MR) is 99.5 cm³/mol. The van der Waals surface area contributed by atoms with E-state index in [2.05, 4.69) is 10.6 Å². The van der Waals surface area contributed by atoms with Crippen molar-refractivity contribution in [1.29, 1.82) is 5.26 Å². The zero-order valence-electron chi connectivity index (χ0n) is 13.8. The van der Waals surface area contributed by atoms with Gasteiger partial charge in [-0.15, -0.1) is 0 Å². The molecule has 2 aromatic rings. The van der Waals surface area contributed by atoms with Crippen molar-refractivity contribution >= 4 is 46.7 Å². The number of nitrogens with zero attached hydrogens (tertiary/aromatic N) is 1. The highest BCUT2D eigenvalue weighted by Crippen LogP contribution is 2.20. The Balaban J connectivity index is 1.79. The largest absolute Gasteiger partial charge is 0.454 e. The number of carbonyl (C=O) groups excluding carboxylic acids is 3. The summed E-state index contributed by atoms with van der Waals surface area (Å²) in [7, 11) is 0. The lowest BCUT2D eigenvalue weighted by Gasteiger charge is -2.09. The Morgan fingerprint density at radius 3 is 2.37 bits per heavy atom. The standard InChI is InChI=1S/C18H13Cl2N3O4/c19-13-4-1-11(2-5-13)18(26)22-9-17(25)27-10-16(24)23-15-7-14(20)6-3-12(15)8-21/h1-7H,9-10H2,(H,22,26)(H,23,24). The van der Waals surface area contributed by atoms with Crippen LogP contribution in [0.25, 0.3) is 0 Å². The molecule has 0 aromatic heterocycles. The van der Waals surface area contributed by atoms with Crippen LogP contribution in [-0.4, -0.2) is 30.9 Å². The van der Waals surface area contributed by atoms with Crippen molar-refractivity contribution in [1.82, 2.24) is 5.32 Å². The second kappa shape index (κ2) is 9.57. The average Bonchev–Trinajstić information content (AvgIpc) is 2.65. The number of amides is 2. The lowest BCUT2D eigenvalue weighted by Crippen LogP contribution is -2.32. The molecule has 0 atom stereocenters. The highest BCUT2D eigenvalue weighted by molar-refractivity contribution is 6.31. The van der Waals surface area contributed by atoms with E-state index in [1.54, 1.807) is 12.1 Å². The van der Waals surface area contributed by atoms with Crippen LogP contribution in [-0.2, 0) is 14.3 Å². The number of nitriles is 1. The van der Waals surface area contributed by atoms with Gasteiger partial charge >= 0.3 is 5.97 Å². The summed E-state index contributed by atoms with van der Waals surface area (Å²) in [6.07, 6.45) is 0. The molecule has 0 saturated carbocycles. The maximum absolute atomic E-state index is 11.9. The molecule has 138 valence electrons. The summed E-state index contributed by atoms with van der Waals surface area (Å²) < 4.78 is 4.78. The zero-order chi connectivity index (χ0) is 19.8. The van der Waals surface area contributed by atoms with Gasteiger partial charge in [0.05, 0.1) is 11.3 Å². The molecule has 0 spiro atoms. The molecule has 0 unspecified atom stereocenters. The molecule has 9 heteroatoms. The SMILES string of the molecule is N#Cc1ccc(Cl)cc1NC(=O)COC(=O)CNC(=O)c1ccc(Cl)cc1. The molecule has 0 aliphatic carbocycles. The number of nitrogens with one attached hydrogen (secondary N) is 2. The molecule has 0 saturated heterocycles. The fraction of sp³-hybridized carbons (Fsp3) is 0.111. The number of hydrogen-bond acceptors (Lipinski definition) is 5. The van der Waals surface area contributed by atoms with Crippen molar-refractivity contribution in [3.05, 3.63) is 63.6 Å². The first-order valence-electron chi connectivity index (χ1n) is 7.58. The first-order valence-corrected chi connectivity index (χ1v) is 8.33. The van der Waals surface area contributed by atoms with Crippen LogP contribution in [0.4, 0.5) is 5.69 Å². The van der Waals surface area contributed by atoms with Crippen LogP contribution in [0.5, 0.6) is 0 Å². The lowest BCUT2D eigenvalue weighted by atomic mass is 10.2. The second-order valence-electron chi connectivity index (χ2n) is 5.20. The molecule has 7 nitrogen and oxygen atoms in total. The quantitative estimate of drug-likeness (QED) is 0.718. The van der Waals surface area contributed by atoms with Gasteiger partial charge in [-0.25, -0.2) is 0 Å². The molecule has 2 amide bonds. The van der Waals surface area contributed by atoms with Gasteiger partial charge in [-0.1, -0.05) is 23.2 Å². The second-order valence-corrected chi connectivity index (χ2v) is 6.07. The van der Waals surface area contributed by atoms with E-state index < -0.39 is 30.9 Å². The van der Waals surface area contributed by atoms with E-state index in [-0.39, 0.29) is 11.3 Å². The van der Waals surface area contributed by atoms with Crippen molar-refractivity contribution in [2.75, 3.05) is 18.5 Å². The molecule has 27 heavy (non-hydrogen) atoms. The van der Waals surface area contributed by atoms with E-state index >= 15 is 0 Å². The Morgan fingerprint density at radius 2 is 1.70 bits per heavy atom. The summed E-state index contributed by atoms with van der Waals surface area (Å²) in [5.74, 6) is -1.92. The van der Waals surface area contributed by atoms with Gasteiger partial charge in [-0.05, 0) is 42.5 Å². The van der Waals surface area contributed by atoms with Crippen LogP contribution < -0.4 is 10.6 Å². The van der Waals surface area contributed by atoms with E-state index in [1.165, 1.54) is 30.3 Å². The molecule has 0 aliphatic rings. The van der Waals surface area contributed by atoms with Crippen molar-refractivity contribution in [3.8, 4) is 6.07 Å². The van der Waals surface area contributed by atoms with Crippen LogP contribution in [0, 0.1) is 11.3 Å². The molecule has 0 aliphatic heterocycles. The number of benzene rings is 2. The van der Waals surface area contributed by atoms with Gasteiger partial charge in [0.15, 0.2) is 6.61 Å². The van der Waals surface area contributed by atoms with Crippen LogP contribution in [0.1, 0.15) is 15.9 Å². The molecule has 0 bridgehead atoms. The molecule has 2 rings (SSSR count). The lowest BCUT2D eigenvalue weighted by molar-refractivity contribution is -0.146. The predicted octanol–water partition coefficient (Wildman–Crippen LogP) is 2.78. The maximum atomic E-state index is 11.9. The number of anilines is 1. The van der Waals surface area contributed by atoms with Crippen LogP contribution in [0.15, 0.2) is 42.5 Å². The molecule has 0 heterocycles. The van der Waals surface area contributed by atoms with Crippen LogP contribution >= 0.6 is 23.2 Å². The first-order chi connectivity index (χ1) is 12.9. The van der Waals surface area contributed by atoms with Gasteiger partial charge in [0.2, 0.25) is 0 Å². The van der Waals surface area contributed by atoms with Crippen molar-refractivity contribution in [2.24, 2.45) is 0 Å². The fourth-order valence-electron chi connectivity index (χ4n) is 1.96. The summed E-state index contributed by atoms with van der Waals surface area (Å²) in [6, 6.07) is 12.4. The summed E-state index contributed by atoms with van der Waals surface area (Å²) in [4.78, 5) is 35.4. The normalized spacial score (nSPS) is 9.81. The molecule has 0 fully saturated rings. The van der Waals surface area contributed by atoms with Crippen LogP contribution in [0.2, 0.25) is 10.0 Å². The Hall–Kier alpha value is -3.08. The average molecular weight is 406 g/mol. The molecule has 2 aromatic carbocycles. The van der Waals surface area contributed by atoms with Gasteiger partial charge in [0.25, 0.3) is 11.8 Å². The minimum Gasteiger partial charge on any atom is -0.454 e. The van der Waals surface area contributed by atoms with Gasteiger partial charge in [0, 0.05) is 15.6 Å². The van der Waals surface area contributed by atoms with Gasteiger partial charge in [0.1, 0.15) is 12.6 Å². The first kappa shape index (κ1) is 20.2. The molecular weight excluding hydrogens is 393 g/mol. The maximum Gasteiger partial charge on any atom is 0.325 e. The van der Waals surface area contributed by atoms with Crippen molar-refractivity contribution in [3.63, 3.8) is 0 Å². The molecule has 2 N–H and O–H groups in total. The monoisotopic (exact) mass is 405 g/mol. The van der Waals surface area contributed by atoms with Crippen molar-refractivity contribution < 1.29 is 19.1 Å². The number of esters is 1. The Kier molecular flexibility index (Phi) is 7.17. The third-order valence-corrected chi connectivity index (χ3v) is 3.73. The number of carbonyl (C=O) groups is 3. The number of hydrogen-bond donors (Lipinski definition) is 2. The van der Waals surface area contributed by atoms with Gasteiger partial charge in [-0.3, -0.25) is 14.4 Å². The van der Waals surface area contributed by atoms with E-state index in [0.29, 0.717) is 15.6 Å². The third kappa shape index (κ3) is 6.29. The van der Waals surface area contributed by atoms with Gasteiger partial charge in [-0.2, -0.15) is 5.26 Å². The van der Waals surface area contributed by atoms with E-state index in [4.69, 9.17) is 33.2 Å². The molecule has 0 radical (unpaired) electrons. The Morgan fingerprint density at radius 1 is 1.04 bits per heavy atom. The van der Waals surface area contributed by atoms with E-state index in [1.807, 2.05) is 6.07 Å². The minimum absolute atomic E-state index is 0.210. The fourth-order valence-corrected chi connectivity index (χ4v) is 2.25. The summed E-state index contributed by atoms with van der Waals surface area (Å²) in [5, 5.41) is 14.6. The summed E-state index contributed by atoms with van der Waals surface area (Å²) in [5.41, 5.74) is 0.756. The Labute approximate surface area is 164 Å². The summed E-state index contributed by atoms with van der Waals surface area (Å²) in [6.45, 7) is -0.984. The van der Waals surface area contributed by atoms with E-state index in [0.717, 1.165) is 0 Å². The molecular formula is C18H13Cl2N3O4. The highest BCUT2D eigenvalue weighted by Gasteiger charge is 2.12. The van der Waals surface area contributed by atoms with E-state index in [9.17, 15) is 14.4 Å². The third-order valence-electron chi connectivity index (χ3n) is 3.24. The number of rotatable bonds is 6. The summed E-state index contributed by atoms with van der Waals surface area (Å²) >= 11 is 11.6. The zero-order valence-corrected chi connectivity index (χ0v) is 15.3. The smallest absolute Gasteiger partial charge is 0.325 e. The van der Waals surface area contributed by atoms with Crippen LogP contribution in [0.3, 0.4) is 0 Å². The van der Waals surface area contributed by atoms with Gasteiger partial charge < -0.3 is 15.4 Å². The van der Waals surface area contributed by atoms with Crippen molar-refractivity contribution in [2.45, 2.75) is 0 Å². The highest BCUT2D eigenvalue weighted by atomic mass is 35.5. The topological polar surface area (TPSA) is 108 Å². The Bertz CT molecular complexity index is 908.